The van der Waals surface area contributed by atoms with Crippen molar-refractivity contribution in [2.45, 2.75) is 31.7 Å². The van der Waals surface area contributed by atoms with E-state index in [0.717, 1.165) is 32.2 Å². The predicted octanol–water partition coefficient (Wildman–Crippen LogP) is 0.567. The SMILES string of the molecule is C#CCCCCNC1CCS(=O)(=O)C1. The summed E-state index contributed by atoms with van der Waals surface area (Å²) in [6.07, 6.45) is 8.74. The van der Waals surface area contributed by atoms with E-state index < -0.39 is 9.84 Å². The van der Waals surface area contributed by atoms with Crippen LogP contribution in [0, 0.1) is 12.3 Å². The Bertz CT molecular complexity index is 303. The minimum atomic E-state index is -2.74. The van der Waals surface area contributed by atoms with Crippen molar-refractivity contribution in [1.82, 2.24) is 5.32 Å². The van der Waals surface area contributed by atoms with E-state index in [0.29, 0.717) is 11.5 Å². The molecule has 80 valence electrons. The molecule has 1 fully saturated rings. The topological polar surface area (TPSA) is 46.2 Å². The first-order valence-electron chi connectivity index (χ1n) is 5.01. The number of terminal acetylenes is 1. The Kier molecular flexibility index (Phi) is 4.43. The van der Waals surface area contributed by atoms with Gasteiger partial charge >= 0.3 is 0 Å². The third kappa shape index (κ3) is 4.12. The fourth-order valence-electron chi connectivity index (χ4n) is 1.61. The van der Waals surface area contributed by atoms with Crippen molar-refractivity contribution in [2.75, 3.05) is 18.1 Å². The summed E-state index contributed by atoms with van der Waals surface area (Å²) >= 11 is 0. The molecular weight excluding hydrogens is 198 g/mol. The molecule has 14 heavy (non-hydrogen) atoms. The molecule has 1 atom stereocenters. The maximum atomic E-state index is 11.1. The Morgan fingerprint density at radius 1 is 1.43 bits per heavy atom. The number of hydrogen-bond acceptors (Lipinski definition) is 3. The molecule has 3 nitrogen and oxygen atoms in total. The quantitative estimate of drug-likeness (QED) is 0.538. The summed E-state index contributed by atoms with van der Waals surface area (Å²) in [5.74, 6) is 3.24. The highest BCUT2D eigenvalue weighted by Gasteiger charge is 2.26. The van der Waals surface area contributed by atoms with Crippen molar-refractivity contribution >= 4 is 9.84 Å². The first-order chi connectivity index (χ1) is 6.64. The van der Waals surface area contributed by atoms with Crippen molar-refractivity contribution in [1.29, 1.82) is 0 Å². The average molecular weight is 215 g/mol. The monoisotopic (exact) mass is 215 g/mol. The Morgan fingerprint density at radius 3 is 2.79 bits per heavy atom. The first kappa shape index (κ1) is 11.5. The van der Waals surface area contributed by atoms with Crippen LogP contribution in [0.5, 0.6) is 0 Å². The molecule has 1 aliphatic heterocycles. The van der Waals surface area contributed by atoms with Gasteiger partial charge in [-0.3, -0.25) is 0 Å². The van der Waals surface area contributed by atoms with E-state index in [1.165, 1.54) is 0 Å². The molecule has 1 N–H and O–H groups in total. The molecular formula is C10H17NO2S. The van der Waals surface area contributed by atoms with Crippen molar-refractivity contribution in [3.8, 4) is 12.3 Å². The zero-order valence-corrected chi connectivity index (χ0v) is 9.15. The van der Waals surface area contributed by atoms with E-state index in [1.54, 1.807) is 0 Å². The van der Waals surface area contributed by atoms with Gasteiger partial charge < -0.3 is 5.32 Å². The van der Waals surface area contributed by atoms with E-state index >= 15 is 0 Å². The van der Waals surface area contributed by atoms with Gasteiger partial charge in [0, 0.05) is 12.5 Å². The standard InChI is InChI=1S/C10H17NO2S/c1-2-3-4-5-7-11-10-6-8-14(12,13)9-10/h1,10-11H,3-9H2. The number of unbranched alkanes of at least 4 members (excludes halogenated alkanes) is 2. The number of hydrogen-bond donors (Lipinski definition) is 1. The number of sulfone groups is 1. The smallest absolute Gasteiger partial charge is 0.151 e. The normalized spacial score (nSPS) is 24.6. The molecule has 0 aromatic heterocycles. The van der Waals surface area contributed by atoms with E-state index in [-0.39, 0.29) is 6.04 Å². The van der Waals surface area contributed by atoms with Crippen LogP contribution in [0.1, 0.15) is 25.7 Å². The highest BCUT2D eigenvalue weighted by Crippen LogP contribution is 2.11. The summed E-state index contributed by atoms with van der Waals surface area (Å²) in [7, 11) is -2.74. The number of nitrogens with one attached hydrogen (secondary N) is 1. The second kappa shape index (κ2) is 5.38. The average Bonchev–Trinajstić information content (AvgIpc) is 2.45. The van der Waals surface area contributed by atoms with E-state index in [9.17, 15) is 8.42 Å². The fourth-order valence-corrected chi connectivity index (χ4v) is 3.32. The molecule has 1 aliphatic rings. The van der Waals surface area contributed by atoms with Gasteiger partial charge in [0.1, 0.15) is 0 Å². The van der Waals surface area contributed by atoms with Crippen LogP contribution < -0.4 is 5.32 Å². The van der Waals surface area contributed by atoms with Gasteiger partial charge in [-0.05, 0) is 25.8 Å². The predicted molar refractivity (Wildman–Crippen MR) is 57.7 cm³/mol. The van der Waals surface area contributed by atoms with Gasteiger partial charge in [-0.25, -0.2) is 8.42 Å². The Morgan fingerprint density at radius 2 is 2.21 bits per heavy atom. The van der Waals surface area contributed by atoms with Crippen LogP contribution in [0.15, 0.2) is 0 Å². The van der Waals surface area contributed by atoms with Gasteiger partial charge in [-0.15, -0.1) is 12.3 Å². The van der Waals surface area contributed by atoms with Crippen molar-refractivity contribution in [3.05, 3.63) is 0 Å². The molecule has 0 aromatic carbocycles. The Labute approximate surface area is 86.2 Å². The highest BCUT2D eigenvalue weighted by molar-refractivity contribution is 7.91. The Hall–Kier alpha value is -0.530. The van der Waals surface area contributed by atoms with Crippen molar-refractivity contribution in [2.24, 2.45) is 0 Å². The summed E-state index contributed by atoms with van der Waals surface area (Å²) in [6, 6.07) is 0.172. The van der Waals surface area contributed by atoms with Gasteiger partial charge in [0.05, 0.1) is 11.5 Å². The summed E-state index contributed by atoms with van der Waals surface area (Å²) < 4.78 is 22.2. The van der Waals surface area contributed by atoms with Gasteiger partial charge in [0.15, 0.2) is 9.84 Å². The lowest BCUT2D eigenvalue weighted by Gasteiger charge is -2.09. The molecule has 0 amide bonds. The molecule has 1 saturated heterocycles. The summed E-state index contributed by atoms with van der Waals surface area (Å²) in [5, 5.41) is 3.25. The van der Waals surface area contributed by atoms with Gasteiger partial charge in [0.25, 0.3) is 0 Å². The van der Waals surface area contributed by atoms with Gasteiger partial charge in [-0.2, -0.15) is 0 Å². The molecule has 0 spiro atoms. The van der Waals surface area contributed by atoms with E-state index in [2.05, 4.69) is 11.2 Å². The second-order valence-corrected chi connectivity index (χ2v) is 5.94. The fraction of sp³-hybridized carbons (Fsp3) is 0.800. The van der Waals surface area contributed by atoms with Crippen LogP contribution in [0.25, 0.3) is 0 Å². The lowest BCUT2D eigenvalue weighted by atomic mass is 10.2. The van der Waals surface area contributed by atoms with Crippen LogP contribution in [0.4, 0.5) is 0 Å². The minimum Gasteiger partial charge on any atom is -0.313 e. The molecule has 1 heterocycles. The van der Waals surface area contributed by atoms with Gasteiger partial charge in [0.2, 0.25) is 0 Å². The van der Waals surface area contributed by atoms with Crippen LogP contribution >= 0.6 is 0 Å². The van der Waals surface area contributed by atoms with Crippen molar-refractivity contribution in [3.63, 3.8) is 0 Å². The largest absolute Gasteiger partial charge is 0.313 e. The zero-order valence-electron chi connectivity index (χ0n) is 8.33. The summed E-state index contributed by atoms with van der Waals surface area (Å²) in [4.78, 5) is 0. The third-order valence-electron chi connectivity index (χ3n) is 2.41. The molecule has 1 rings (SSSR count). The lowest BCUT2D eigenvalue weighted by molar-refractivity contribution is 0.535. The molecule has 1 unspecified atom stereocenters. The molecule has 0 saturated carbocycles. The highest BCUT2D eigenvalue weighted by atomic mass is 32.2. The molecule has 4 heteroatoms. The van der Waals surface area contributed by atoms with Crippen molar-refractivity contribution < 1.29 is 8.42 Å². The minimum absolute atomic E-state index is 0.172. The third-order valence-corrected chi connectivity index (χ3v) is 4.18. The first-order valence-corrected chi connectivity index (χ1v) is 6.83. The maximum absolute atomic E-state index is 11.1. The maximum Gasteiger partial charge on any atom is 0.151 e. The van der Waals surface area contributed by atoms with Crippen LogP contribution in [-0.4, -0.2) is 32.5 Å². The molecule has 0 aliphatic carbocycles. The lowest BCUT2D eigenvalue weighted by Crippen LogP contribution is -2.30. The van der Waals surface area contributed by atoms with Gasteiger partial charge in [-0.1, -0.05) is 0 Å². The van der Waals surface area contributed by atoms with Crippen LogP contribution in [-0.2, 0) is 9.84 Å². The summed E-state index contributed by atoms with van der Waals surface area (Å²) in [5.41, 5.74) is 0. The van der Waals surface area contributed by atoms with E-state index in [4.69, 9.17) is 6.42 Å². The second-order valence-electron chi connectivity index (χ2n) is 3.72. The molecule has 0 bridgehead atoms. The summed E-state index contributed by atoms with van der Waals surface area (Å²) in [6.45, 7) is 0.877. The molecule has 0 radical (unpaired) electrons. The zero-order chi connectivity index (χ0) is 10.4. The Balaban J connectivity index is 2.07. The van der Waals surface area contributed by atoms with E-state index in [1.807, 2.05) is 0 Å². The van der Waals surface area contributed by atoms with Crippen LogP contribution in [0.3, 0.4) is 0 Å². The molecule has 0 aromatic rings. The number of rotatable bonds is 5. The van der Waals surface area contributed by atoms with Crippen LogP contribution in [0.2, 0.25) is 0 Å².